The second-order valence-corrected chi connectivity index (χ2v) is 7.39. The molecule has 1 fully saturated rings. The third kappa shape index (κ3) is 4.52. The van der Waals surface area contributed by atoms with Crippen molar-refractivity contribution in [3.05, 3.63) is 0 Å². The Kier molecular flexibility index (Phi) is 5.94. The Morgan fingerprint density at radius 2 is 2.19 bits per heavy atom. The summed E-state index contributed by atoms with van der Waals surface area (Å²) >= 11 is 5.93. The monoisotopic (exact) mass is 267 g/mol. The number of rotatable bonds is 4. The Morgan fingerprint density at radius 3 is 2.75 bits per heavy atom. The van der Waals surface area contributed by atoms with E-state index >= 15 is 0 Å². The number of aliphatic hydroxyl groups is 1. The highest BCUT2D eigenvalue weighted by molar-refractivity contribution is 7.95. The molecule has 0 bridgehead atoms. The van der Waals surface area contributed by atoms with E-state index in [1.54, 1.807) is 0 Å². The van der Waals surface area contributed by atoms with Gasteiger partial charge in [0.15, 0.2) is 0 Å². The smallest absolute Gasteiger partial charge is 0.309 e. The Labute approximate surface area is 105 Å². The molecule has 94 valence electrons. The quantitative estimate of drug-likeness (QED) is 0.473. The summed E-state index contributed by atoms with van der Waals surface area (Å²) in [5.74, 6) is 0.648. The fourth-order valence-electron chi connectivity index (χ4n) is 1.74. The van der Waals surface area contributed by atoms with Crippen molar-refractivity contribution in [2.75, 3.05) is 24.9 Å². The fourth-order valence-corrected chi connectivity index (χ4v) is 2.50. The van der Waals surface area contributed by atoms with Crippen molar-refractivity contribution in [2.24, 2.45) is 5.92 Å². The lowest BCUT2D eigenvalue weighted by atomic mass is 9.87. The van der Waals surface area contributed by atoms with E-state index in [2.05, 4.69) is 12.5 Å². The summed E-state index contributed by atoms with van der Waals surface area (Å²) in [4.78, 5) is 11.7. The SMILES string of the molecule is C[S+](C)CCOC(=O)C1CCC(O)C(Cl)C1. The molecule has 1 N–H and O–H groups in total. The normalized spacial score (nSPS) is 30.4. The van der Waals surface area contributed by atoms with Crippen molar-refractivity contribution < 1.29 is 14.6 Å². The van der Waals surface area contributed by atoms with E-state index in [0.29, 0.717) is 36.8 Å². The Bertz CT molecular complexity index is 235. The van der Waals surface area contributed by atoms with Crippen LogP contribution in [-0.2, 0) is 20.4 Å². The van der Waals surface area contributed by atoms with Crippen LogP contribution in [0.2, 0.25) is 0 Å². The third-order valence-corrected chi connectivity index (χ3v) is 4.26. The van der Waals surface area contributed by atoms with Crippen molar-refractivity contribution in [1.29, 1.82) is 0 Å². The van der Waals surface area contributed by atoms with Crippen molar-refractivity contribution in [3.8, 4) is 0 Å². The van der Waals surface area contributed by atoms with E-state index < -0.39 is 6.10 Å². The van der Waals surface area contributed by atoms with Gasteiger partial charge >= 0.3 is 5.97 Å². The van der Waals surface area contributed by atoms with Gasteiger partial charge in [-0.05, 0) is 30.2 Å². The number of hydrogen-bond acceptors (Lipinski definition) is 3. The molecule has 0 amide bonds. The van der Waals surface area contributed by atoms with Crippen molar-refractivity contribution in [1.82, 2.24) is 0 Å². The van der Waals surface area contributed by atoms with Gasteiger partial charge in [0.1, 0.15) is 12.4 Å². The van der Waals surface area contributed by atoms with E-state index in [0.717, 1.165) is 5.75 Å². The number of ether oxygens (including phenoxy) is 1. The summed E-state index contributed by atoms with van der Waals surface area (Å²) in [6.45, 7) is 0.501. The molecule has 1 aliphatic rings. The maximum Gasteiger partial charge on any atom is 0.309 e. The Morgan fingerprint density at radius 1 is 1.50 bits per heavy atom. The molecule has 0 aromatic carbocycles. The lowest BCUT2D eigenvalue weighted by Gasteiger charge is -2.28. The first-order valence-corrected chi connectivity index (χ1v) is 8.18. The molecule has 5 heteroatoms. The molecule has 3 nitrogen and oxygen atoms in total. The van der Waals surface area contributed by atoms with Crippen LogP contribution in [0.25, 0.3) is 0 Å². The van der Waals surface area contributed by atoms with Crippen LogP contribution in [0.1, 0.15) is 19.3 Å². The average molecular weight is 268 g/mol. The van der Waals surface area contributed by atoms with Gasteiger partial charge in [-0.15, -0.1) is 11.6 Å². The van der Waals surface area contributed by atoms with Crippen molar-refractivity contribution >= 4 is 28.5 Å². The van der Waals surface area contributed by atoms with Gasteiger partial charge in [-0.25, -0.2) is 0 Å². The third-order valence-electron chi connectivity index (χ3n) is 2.81. The second-order valence-electron chi connectivity index (χ2n) is 4.45. The van der Waals surface area contributed by atoms with Gasteiger partial charge in [-0.3, -0.25) is 4.79 Å². The van der Waals surface area contributed by atoms with E-state index in [1.807, 2.05) is 0 Å². The van der Waals surface area contributed by atoms with Crippen LogP contribution < -0.4 is 0 Å². The van der Waals surface area contributed by atoms with Gasteiger partial charge in [0, 0.05) is 0 Å². The fraction of sp³-hybridized carbons (Fsp3) is 0.909. The average Bonchev–Trinajstić information content (AvgIpc) is 2.21. The van der Waals surface area contributed by atoms with Crippen LogP contribution in [0.4, 0.5) is 0 Å². The number of alkyl halides is 1. The van der Waals surface area contributed by atoms with Crippen molar-refractivity contribution in [3.63, 3.8) is 0 Å². The molecule has 0 aromatic heterocycles. The number of halogens is 1. The number of carbonyl (C=O) groups excluding carboxylic acids is 1. The first kappa shape index (κ1) is 14.1. The number of carbonyl (C=O) groups is 1. The minimum Gasteiger partial charge on any atom is -0.460 e. The molecule has 0 radical (unpaired) electrons. The maximum atomic E-state index is 11.7. The summed E-state index contributed by atoms with van der Waals surface area (Å²) in [5.41, 5.74) is 0. The molecular weight excluding hydrogens is 248 g/mol. The van der Waals surface area contributed by atoms with Gasteiger partial charge in [0.05, 0.1) is 29.9 Å². The molecule has 1 rings (SSSR count). The van der Waals surface area contributed by atoms with Gasteiger partial charge < -0.3 is 9.84 Å². The molecular formula is C11H20ClO3S+. The molecule has 3 unspecified atom stereocenters. The largest absolute Gasteiger partial charge is 0.460 e. The van der Waals surface area contributed by atoms with Crippen LogP contribution in [0, 0.1) is 5.92 Å². The predicted octanol–water partition coefficient (Wildman–Crippen LogP) is 1.18. The number of hydrogen-bond donors (Lipinski definition) is 1. The second kappa shape index (κ2) is 6.72. The minimum absolute atomic E-state index is 0.124. The lowest BCUT2D eigenvalue weighted by Crippen LogP contribution is -2.34. The summed E-state index contributed by atoms with van der Waals surface area (Å²) in [5, 5.41) is 9.14. The van der Waals surface area contributed by atoms with Crippen LogP contribution >= 0.6 is 11.6 Å². The molecule has 16 heavy (non-hydrogen) atoms. The molecule has 1 aliphatic carbocycles. The highest BCUT2D eigenvalue weighted by atomic mass is 35.5. The minimum atomic E-state index is -0.470. The highest BCUT2D eigenvalue weighted by Crippen LogP contribution is 2.29. The van der Waals surface area contributed by atoms with E-state index in [-0.39, 0.29) is 17.3 Å². The maximum absolute atomic E-state index is 11.7. The molecule has 0 aromatic rings. The number of esters is 1. The summed E-state index contributed by atoms with van der Waals surface area (Å²) in [6, 6.07) is 0. The zero-order valence-corrected chi connectivity index (χ0v) is 11.4. The molecule has 3 atom stereocenters. The van der Waals surface area contributed by atoms with Gasteiger partial charge in [0.25, 0.3) is 0 Å². The Balaban J connectivity index is 2.26. The summed E-state index contributed by atoms with van der Waals surface area (Å²) < 4.78 is 5.20. The molecule has 0 spiro atoms. The lowest BCUT2D eigenvalue weighted by molar-refractivity contribution is -0.149. The van der Waals surface area contributed by atoms with Crippen LogP contribution in [0.3, 0.4) is 0 Å². The van der Waals surface area contributed by atoms with Gasteiger partial charge in [0.2, 0.25) is 0 Å². The van der Waals surface area contributed by atoms with Crippen molar-refractivity contribution in [2.45, 2.75) is 30.7 Å². The molecule has 0 heterocycles. The first-order chi connectivity index (χ1) is 7.50. The Hall–Kier alpha value is 0.0700. The zero-order chi connectivity index (χ0) is 12.1. The molecule has 0 saturated heterocycles. The summed E-state index contributed by atoms with van der Waals surface area (Å²) in [6.07, 6.45) is 5.60. The van der Waals surface area contributed by atoms with E-state index in [1.165, 1.54) is 0 Å². The van der Waals surface area contributed by atoms with Crippen LogP contribution in [0.5, 0.6) is 0 Å². The van der Waals surface area contributed by atoms with Gasteiger partial charge in [-0.2, -0.15) is 0 Å². The van der Waals surface area contributed by atoms with E-state index in [9.17, 15) is 9.90 Å². The number of aliphatic hydroxyl groups excluding tert-OH is 1. The van der Waals surface area contributed by atoms with Gasteiger partial charge in [-0.1, -0.05) is 0 Å². The van der Waals surface area contributed by atoms with E-state index in [4.69, 9.17) is 16.3 Å². The standard InChI is InChI=1S/C11H20ClO3S/c1-16(2)6-5-15-11(14)8-3-4-10(13)9(12)7-8/h8-10,13H,3-7H2,1-2H3/q+1. The van der Waals surface area contributed by atoms with Crippen LogP contribution in [0.15, 0.2) is 0 Å². The van der Waals surface area contributed by atoms with Crippen LogP contribution in [-0.4, -0.2) is 47.4 Å². The topological polar surface area (TPSA) is 46.5 Å². The molecule has 1 saturated carbocycles. The predicted molar refractivity (Wildman–Crippen MR) is 68.0 cm³/mol. The zero-order valence-electron chi connectivity index (χ0n) is 9.82. The first-order valence-electron chi connectivity index (χ1n) is 5.53. The molecule has 0 aliphatic heterocycles. The summed E-state index contributed by atoms with van der Waals surface area (Å²) in [7, 11) is 0.307. The highest BCUT2D eigenvalue weighted by Gasteiger charge is 2.32.